The Labute approximate surface area is 181 Å². The second-order valence-electron chi connectivity index (χ2n) is 9.43. The summed E-state index contributed by atoms with van der Waals surface area (Å²) in [6.07, 6.45) is 4.69. The van der Waals surface area contributed by atoms with Crippen LogP contribution in [0.3, 0.4) is 0 Å². The SMILES string of the molecule is CCCC[C@H]1CN([C@H](C(=O)N(C)C)C(C)(C)C)C(=O)[C@@H]1C=NOCc1ccccc1. The van der Waals surface area contributed by atoms with E-state index in [1.165, 1.54) is 0 Å². The van der Waals surface area contributed by atoms with Gasteiger partial charge in [-0.05, 0) is 23.3 Å². The van der Waals surface area contributed by atoms with Crippen molar-refractivity contribution >= 4 is 18.0 Å². The maximum absolute atomic E-state index is 13.4. The van der Waals surface area contributed by atoms with Crippen LogP contribution >= 0.6 is 0 Å². The van der Waals surface area contributed by atoms with Crippen molar-refractivity contribution in [2.45, 2.75) is 59.6 Å². The van der Waals surface area contributed by atoms with E-state index in [0.717, 1.165) is 24.8 Å². The van der Waals surface area contributed by atoms with E-state index < -0.39 is 6.04 Å². The average molecular weight is 416 g/mol. The summed E-state index contributed by atoms with van der Waals surface area (Å²) in [5.74, 6) is -0.283. The van der Waals surface area contributed by atoms with Crippen LogP contribution in [0, 0.1) is 17.3 Å². The van der Waals surface area contributed by atoms with Gasteiger partial charge in [-0.3, -0.25) is 9.59 Å². The molecule has 0 spiro atoms. The number of unbranched alkanes of at least 4 members (excludes halogenated alkanes) is 1. The number of oxime groups is 1. The standard InChI is InChI=1S/C24H37N3O3/c1-7-8-14-19-16-27(21(24(2,3)4)23(29)26(5)6)22(28)20(19)15-25-30-17-18-12-10-9-11-13-18/h9-13,15,19-21H,7-8,14,16-17H2,1-6H3/t19-,20+,21+/m0/s1. The molecule has 166 valence electrons. The third kappa shape index (κ3) is 6.07. The number of benzene rings is 1. The Morgan fingerprint density at radius 1 is 1.30 bits per heavy atom. The highest BCUT2D eigenvalue weighted by Gasteiger charge is 2.48. The molecule has 1 aromatic rings. The van der Waals surface area contributed by atoms with Gasteiger partial charge in [-0.25, -0.2) is 0 Å². The zero-order valence-electron chi connectivity index (χ0n) is 19.3. The molecule has 0 radical (unpaired) electrons. The van der Waals surface area contributed by atoms with Gasteiger partial charge in [0.2, 0.25) is 11.8 Å². The molecule has 0 unspecified atom stereocenters. The fraction of sp³-hybridized carbons (Fsp3) is 0.625. The Hall–Kier alpha value is -2.37. The first-order chi connectivity index (χ1) is 14.2. The molecule has 2 rings (SSSR count). The lowest BCUT2D eigenvalue weighted by atomic mass is 9.84. The number of likely N-dealkylation sites (N-methyl/N-ethyl adjacent to an activating group) is 1. The lowest BCUT2D eigenvalue weighted by Crippen LogP contribution is -2.54. The second-order valence-corrected chi connectivity index (χ2v) is 9.43. The summed E-state index contributed by atoms with van der Waals surface area (Å²) in [7, 11) is 3.49. The number of carbonyl (C=O) groups is 2. The Balaban J connectivity index is 2.17. The molecule has 1 fully saturated rings. The predicted octanol–water partition coefficient (Wildman–Crippen LogP) is 3.96. The molecular weight excluding hydrogens is 378 g/mol. The molecule has 1 aromatic carbocycles. The monoisotopic (exact) mass is 415 g/mol. The van der Waals surface area contributed by atoms with Crippen molar-refractivity contribution in [3.63, 3.8) is 0 Å². The number of rotatable bonds is 9. The summed E-state index contributed by atoms with van der Waals surface area (Å²) < 4.78 is 0. The summed E-state index contributed by atoms with van der Waals surface area (Å²) in [4.78, 5) is 35.1. The van der Waals surface area contributed by atoms with Gasteiger partial charge < -0.3 is 14.6 Å². The minimum atomic E-state index is -0.493. The molecule has 1 saturated heterocycles. The van der Waals surface area contributed by atoms with Gasteiger partial charge in [-0.2, -0.15) is 0 Å². The lowest BCUT2D eigenvalue weighted by molar-refractivity contribution is -0.146. The number of amides is 2. The normalized spacial score (nSPS) is 20.6. The molecule has 3 atom stereocenters. The van der Waals surface area contributed by atoms with Crippen LogP contribution in [0.15, 0.2) is 35.5 Å². The minimum absolute atomic E-state index is 0.0294. The third-order valence-corrected chi connectivity index (χ3v) is 5.61. The molecule has 0 aromatic heterocycles. The smallest absolute Gasteiger partial charge is 0.245 e. The first-order valence-electron chi connectivity index (χ1n) is 10.9. The van der Waals surface area contributed by atoms with Gasteiger partial charge in [0, 0.05) is 20.6 Å². The molecule has 1 aliphatic heterocycles. The number of likely N-dealkylation sites (tertiary alicyclic amines) is 1. The molecule has 0 bridgehead atoms. The molecule has 0 aliphatic carbocycles. The van der Waals surface area contributed by atoms with E-state index in [0.29, 0.717) is 13.2 Å². The van der Waals surface area contributed by atoms with Crippen LogP contribution in [-0.4, -0.2) is 54.5 Å². The molecule has 0 N–H and O–H groups in total. The molecule has 1 heterocycles. The molecule has 2 amide bonds. The largest absolute Gasteiger partial charge is 0.391 e. The van der Waals surface area contributed by atoms with Gasteiger partial charge in [0.05, 0.1) is 12.1 Å². The van der Waals surface area contributed by atoms with E-state index in [9.17, 15) is 9.59 Å². The van der Waals surface area contributed by atoms with E-state index in [4.69, 9.17) is 4.84 Å². The van der Waals surface area contributed by atoms with E-state index in [2.05, 4.69) is 12.1 Å². The Kier molecular flexibility index (Phi) is 8.44. The highest BCUT2D eigenvalue weighted by atomic mass is 16.6. The van der Waals surface area contributed by atoms with Crippen molar-refractivity contribution in [1.82, 2.24) is 9.80 Å². The molecule has 6 nitrogen and oxygen atoms in total. The van der Waals surface area contributed by atoms with Crippen LogP contribution < -0.4 is 0 Å². The summed E-state index contributed by atoms with van der Waals surface area (Å²) >= 11 is 0. The van der Waals surface area contributed by atoms with E-state index in [-0.39, 0.29) is 29.1 Å². The van der Waals surface area contributed by atoms with Gasteiger partial charge in [0.25, 0.3) is 0 Å². The van der Waals surface area contributed by atoms with Gasteiger partial charge in [-0.15, -0.1) is 0 Å². The van der Waals surface area contributed by atoms with Crippen LogP contribution in [0.2, 0.25) is 0 Å². The number of hydrogen-bond donors (Lipinski definition) is 0. The lowest BCUT2D eigenvalue weighted by Gasteiger charge is -2.38. The zero-order chi connectivity index (χ0) is 22.3. The predicted molar refractivity (Wildman–Crippen MR) is 120 cm³/mol. The molecular formula is C24H37N3O3. The number of hydrogen-bond acceptors (Lipinski definition) is 4. The van der Waals surface area contributed by atoms with Crippen molar-refractivity contribution in [1.29, 1.82) is 0 Å². The van der Waals surface area contributed by atoms with E-state index >= 15 is 0 Å². The zero-order valence-corrected chi connectivity index (χ0v) is 19.3. The van der Waals surface area contributed by atoms with Crippen LogP contribution in [0.4, 0.5) is 0 Å². The molecule has 30 heavy (non-hydrogen) atoms. The van der Waals surface area contributed by atoms with Crippen molar-refractivity contribution in [3.05, 3.63) is 35.9 Å². The van der Waals surface area contributed by atoms with Gasteiger partial charge >= 0.3 is 0 Å². The number of nitrogens with zero attached hydrogens (tertiary/aromatic N) is 3. The molecule has 6 heteroatoms. The maximum Gasteiger partial charge on any atom is 0.245 e. The highest BCUT2D eigenvalue weighted by Crippen LogP contribution is 2.35. The van der Waals surface area contributed by atoms with Crippen LogP contribution in [-0.2, 0) is 21.0 Å². The van der Waals surface area contributed by atoms with Gasteiger partial charge in [0.1, 0.15) is 12.6 Å². The van der Waals surface area contributed by atoms with Crippen molar-refractivity contribution in [2.24, 2.45) is 22.4 Å². The van der Waals surface area contributed by atoms with Crippen molar-refractivity contribution < 1.29 is 14.4 Å². The van der Waals surface area contributed by atoms with E-state index in [1.807, 2.05) is 51.1 Å². The second kappa shape index (κ2) is 10.6. The Bertz CT molecular complexity index is 725. The van der Waals surface area contributed by atoms with Crippen LogP contribution in [0.1, 0.15) is 52.5 Å². The maximum atomic E-state index is 13.4. The van der Waals surface area contributed by atoms with Gasteiger partial charge in [-0.1, -0.05) is 76.0 Å². The minimum Gasteiger partial charge on any atom is -0.391 e. The van der Waals surface area contributed by atoms with Crippen molar-refractivity contribution in [2.75, 3.05) is 20.6 Å². The first-order valence-corrected chi connectivity index (χ1v) is 10.9. The fourth-order valence-corrected chi connectivity index (χ4v) is 4.02. The summed E-state index contributed by atoms with van der Waals surface area (Å²) in [5, 5.41) is 4.13. The summed E-state index contributed by atoms with van der Waals surface area (Å²) in [5.41, 5.74) is 0.670. The van der Waals surface area contributed by atoms with Gasteiger partial charge in [0.15, 0.2) is 0 Å². The first kappa shape index (κ1) is 23.9. The van der Waals surface area contributed by atoms with E-state index in [1.54, 1.807) is 30.1 Å². The highest BCUT2D eigenvalue weighted by molar-refractivity contribution is 5.98. The van der Waals surface area contributed by atoms with Crippen molar-refractivity contribution in [3.8, 4) is 0 Å². The van der Waals surface area contributed by atoms with Crippen LogP contribution in [0.25, 0.3) is 0 Å². The number of carbonyl (C=O) groups excluding carboxylic acids is 2. The fourth-order valence-electron chi connectivity index (χ4n) is 4.02. The summed E-state index contributed by atoms with van der Waals surface area (Å²) in [6.45, 7) is 9.13. The topological polar surface area (TPSA) is 62.2 Å². The molecule has 1 aliphatic rings. The van der Waals surface area contributed by atoms with Crippen LogP contribution in [0.5, 0.6) is 0 Å². The third-order valence-electron chi connectivity index (χ3n) is 5.61. The quantitative estimate of drug-likeness (QED) is 0.453. The Morgan fingerprint density at radius 3 is 2.53 bits per heavy atom. The average Bonchev–Trinajstić information content (AvgIpc) is 2.98. The summed E-state index contributed by atoms with van der Waals surface area (Å²) in [6, 6.07) is 9.32. The Morgan fingerprint density at radius 2 is 1.97 bits per heavy atom. The molecule has 0 saturated carbocycles.